The lowest BCUT2D eigenvalue weighted by Gasteiger charge is -2.24. The molecule has 1 aliphatic heterocycles. The number of nitrogens with two attached hydrogens (primary N) is 1. The van der Waals surface area contributed by atoms with E-state index in [0.717, 1.165) is 16.4 Å². The topological polar surface area (TPSA) is 141 Å². The molecule has 0 bridgehead atoms. The Kier molecular flexibility index (Phi) is 5.84. The maximum Gasteiger partial charge on any atom is 0.453 e. The van der Waals surface area contributed by atoms with Crippen LogP contribution >= 0.6 is 0 Å². The molecule has 0 unspecified atom stereocenters. The SMILES string of the molecule is Cc1ccc([C@]2(C)C(=O)Nc3nc(-c4cn5ncnc5c(CCC(F)(F)C(F)(F)F)n4)nc(C(N)=O)c32)cc1. The molecule has 0 saturated carbocycles. The zero-order valence-electron chi connectivity index (χ0n) is 20.3. The Morgan fingerprint density at radius 2 is 1.79 bits per heavy atom. The van der Waals surface area contributed by atoms with Crippen molar-refractivity contribution in [3.05, 3.63) is 64.9 Å². The average molecular weight is 546 g/mol. The highest BCUT2D eigenvalue weighted by Crippen LogP contribution is 2.44. The van der Waals surface area contributed by atoms with Crippen molar-refractivity contribution in [2.75, 3.05) is 5.32 Å². The van der Waals surface area contributed by atoms with Crippen LogP contribution in [0.1, 0.15) is 46.2 Å². The molecule has 0 radical (unpaired) electrons. The summed E-state index contributed by atoms with van der Waals surface area (Å²) < 4.78 is 66.5. The monoisotopic (exact) mass is 546 g/mol. The van der Waals surface area contributed by atoms with Gasteiger partial charge >= 0.3 is 12.1 Å². The van der Waals surface area contributed by atoms with Gasteiger partial charge in [0.2, 0.25) is 5.91 Å². The molecule has 1 atom stereocenters. The lowest BCUT2D eigenvalue weighted by Crippen LogP contribution is -2.36. The van der Waals surface area contributed by atoms with Crippen LogP contribution in [0.2, 0.25) is 0 Å². The van der Waals surface area contributed by atoms with Crippen LogP contribution in [0, 0.1) is 6.92 Å². The number of aromatic nitrogens is 6. The maximum absolute atomic E-state index is 13.6. The first-order chi connectivity index (χ1) is 18.2. The van der Waals surface area contributed by atoms with Gasteiger partial charge in [0.05, 0.1) is 11.9 Å². The summed E-state index contributed by atoms with van der Waals surface area (Å²) in [5, 5.41) is 6.54. The summed E-state index contributed by atoms with van der Waals surface area (Å²) >= 11 is 0. The molecule has 0 saturated heterocycles. The quantitative estimate of drug-likeness (QED) is 0.353. The van der Waals surface area contributed by atoms with Crippen molar-refractivity contribution in [3.63, 3.8) is 0 Å². The Hall–Kier alpha value is -4.56. The molecule has 2 amide bonds. The standard InChI is InChI=1S/C24H19F5N8O2/c1-11-3-5-12(6-4-11)22(2)15-16(17(30)38)34-18(35-19(15)36-21(22)39)14-9-37-20(31-10-32-37)13(33-14)7-8-23(25,26)24(27,28)29/h3-6,9-10H,7-8H2,1-2H3,(H2,30,38)(H,34,35,36,39)/t22-/m0/s1. The van der Waals surface area contributed by atoms with Crippen molar-refractivity contribution in [1.29, 1.82) is 0 Å². The Bertz CT molecular complexity index is 1630. The molecule has 5 rings (SSSR count). The van der Waals surface area contributed by atoms with E-state index in [1.807, 2.05) is 6.92 Å². The first kappa shape index (κ1) is 26.1. The summed E-state index contributed by atoms with van der Waals surface area (Å²) in [7, 11) is 0. The molecular weight excluding hydrogens is 527 g/mol. The number of halogens is 5. The number of fused-ring (bicyclic) bond motifs is 2. The van der Waals surface area contributed by atoms with E-state index >= 15 is 0 Å². The molecule has 4 aromatic rings. The summed E-state index contributed by atoms with van der Waals surface area (Å²) in [6.45, 7) is 3.46. The third kappa shape index (κ3) is 4.23. The lowest BCUT2D eigenvalue weighted by atomic mass is 9.76. The van der Waals surface area contributed by atoms with E-state index in [2.05, 4.69) is 30.4 Å². The number of anilines is 1. The molecule has 39 heavy (non-hydrogen) atoms. The van der Waals surface area contributed by atoms with Crippen LogP contribution in [-0.4, -0.2) is 53.5 Å². The Morgan fingerprint density at radius 3 is 2.44 bits per heavy atom. The van der Waals surface area contributed by atoms with Gasteiger partial charge in [-0.05, 0) is 25.8 Å². The summed E-state index contributed by atoms with van der Waals surface area (Å²) in [6, 6.07) is 7.05. The number of carbonyl (C=O) groups excluding carboxylic acids is 2. The van der Waals surface area contributed by atoms with E-state index in [4.69, 9.17) is 5.73 Å². The fraction of sp³-hybridized carbons (Fsp3) is 0.292. The number of nitrogens with zero attached hydrogens (tertiary/aromatic N) is 6. The van der Waals surface area contributed by atoms with Gasteiger partial charge in [0.1, 0.15) is 28.9 Å². The second-order valence-corrected chi connectivity index (χ2v) is 9.23. The Morgan fingerprint density at radius 1 is 1.10 bits per heavy atom. The van der Waals surface area contributed by atoms with Crippen LogP contribution in [0.15, 0.2) is 36.8 Å². The van der Waals surface area contributed by atoms with Crippen LogP contribution in [0.5, 0.6) is 0 Å². The number of primary amides is 1. The molecule has 4 heterocycles. The van der Waals surface area contributed by atoms with Gasteiger partial charge in [-0.1, -0.05) is 29.8 Å². The minimum absolute atomic E-state index is 0.0208. The second kappa shape index (κ2) is 8.74. The van der Waals surface area contributed by atoms with Crippen molar-refractivity contribution >= 4 is 23.3 Å². The van der Waals surface area contributed by atoms with Crippen LogP contribution in [0.25, 0.3) is 17.2 Å². The maximum atomic E-state index is 13.6. The number of benzene rings is 1. The molecule has 202 valence electrons. The van der Waals surface area contributed by atoms with Crippen LogP contribution in [0.3, 0.4) is 0 Å². The van der Waals surface area contributed by atoms with Crippen molar-refractivity contribution in [2.24, 2.45) is 5.73 Å². The number of aryl methyl sites for hydroxylation is 2. The number of rotatable bonds is 6. The van der Waals surface area contributed by atoms with Crippen molar-refractivity contribution in [1.82, 2.24) is 29.5 Å². The Balaban J connectivity index is 1.63. The van der Waals surface area contributed by atoms with E-state index in [9.17, 15) is 31.5 Å². The van der Waals surface area contributed by atoms with Crippen LogP contribution < -0.4 is 11.1 Å². The minimum Gasteiger partial charge on any atom is -0.364 e. The van der Waals surface area contributed by atoms with Crippen molar-refractivity contribution in [3.8, 4) is 11.5 Å². The normalized spacial score (nSPS) is 17.4. The predicted octanol–water partition coefficient (Wildman–Crippen LogP) is 3.38. The predicted molar refractivity (Wildman–Crippen MR) is 126 cm³/mol. The molecule has 15 heteroatoms. The van der Waals surface area contributed by atoms with Crippen LogP contribution in [0.4, 0.5) is 27.8 Å². The number of hydrogen-bond donors (Lipinski definition) is 2. The summed E-state index contributed by atoms with van der Waals surface area (Å²) in [6.07, 6.45) is -5.80. The van der Waals surface area contributed by atoms with Gasteiger partial charge in [0.25, 0.3) is 5.91 Å². The van der Waals surface area contributed by atoms with Gasteiger partial charge < -0.3 is 11.1 Å². The summed E-state index contributed by atoms with van der Waals surface area (Å²) in [5.74, 6) is -6.69. The smallest absolute Gasteiger partial charge is 0.364 e. The highest BCUT2D eigenvalue weighted by molar-refractivity contribution is 6.11. The first-order valence-electron chi connectivity index (χ1n) is 11.5. The molecule has 0 fully saturated rings. The van der Waals surface area contributed by atoms with Gasteiger partial charge in [-0.25, -0.2) is 24.5 Å². The number of carbonyl (C=O) groups is 2. The zero-order valence-corrected chi connectivity index (χ0v) is 20.3. The lowest BCUT2D eigenvalue weighted by molar-refractivity contribution is -0.284. The van der Waals surface area contributed by atoms with Crippen molar-refractivity contribution < 1.29 is 31.5 Å². The minimum atomic E-state index is -5.74. The van der Waals surface area contributed by atoms with E-state index < -0.39 is 42.2 Å². The largest absolute Gasteiger partial charge is 0.453 e. The molecule has 0 aliphatic carbocycles. The molecule has 3 aromatic heterocycles. The highest BCUT2D eigenvalue weighted by Gasteiger charge is 2.56. The van der Waals surface area contributed by atoms with Crippen LogP contribution in [-0.2, 0) is 16.6 Å². The van der Waals surface area contributed by atoms with E-state index in [-0.39, 0.29) is 39.9 Å². The molecule has 1 aliphatic rings. The molecular formula is C24H19F5N8O2. The highest BCUT2D eigenvalue weighted by atomic mass is 19.4. The number of alkyl halides is 5. The third-order valence-corrected chi connectivity index (χ3v) is 6.61. The summed E-state index contributed by atoms with van der Waals surface area (Å²) in [4.78, 5) is 42.3. The zero-order chi connectivity index (χ0) is 28.3. The number of hydrogen-bond acceptors (Lipinski definition) is 7. The molecule has 0 spiro atoms. The number of amides is 2. The Labute approximate surface area is 216 Å². The molecule has 10 nitrogen and oxygen atoms in total. The van der Waals surface area contributed by atoms with Crippen molar-refractivity contribution in [2.45, 2.75) is 44.2 Å². The van der Waals surface area contributed by atoms with Gasteiger partial charge in [-0.2, -0.15) is 27.1 Å². The fourth-order valence-corrected chi connectivity index (χ4v) is 4.41. The third-order valence-electron chi connectivity index (χ3n) is 6.61. The van der Waals surface area contributed by atoms with Gasteiger partial charge in [0.15, 0.2) is 11.5 Å². The van der Waals surface area contributed by atoms with Gasteiger partial charge in [-0.15, -0.1) is 0 Å². The second-order valence-electron chi connectivity index (χ2n) is 9.23. The fourth-order valence-electron chi connectivity index (χ4n) is 4.41. The molecule has 3 N–H and O–H groups in total. The average Bonchev–Trinajstić information content (AvgIpc) is 3.44. The molecule has 1 aromatic carbocycles. The van der Waals surface area contributed by atoms with E-state index in [1.165, 1.54) is 6.20 Å². The first-order valence-corrected chi connectivity index (χ1v) is 11.5. The van der Waals surface area contributed by atoms with E-state index in [0.29, 0.717) is 5.56 Å². The number of nitrogens with one attached hydrogen (secondary N) is 1. The van der Waals surface area contributed by atoms with Gasteiger partial charge in [0, 0.05) is 12.0 Å². The summed E-state index contributed by atoms with van der Waals surface area (Å²) in [5.41, 5.74) is 5.21. The van der Waals surface area contributed by atoms with Gasteiger partial charge in [-0.3, -0.25) is 9.59 Å². The van der Waals surface area contributed by atoms with E-state index in [1.54, 1.807) is 31.2 Å².